The Labute approximate surface area is 240 Å². The Bertz CT molecular complexity index is 1290. The van der Waals surface area contributed by atoms with Gasteiger partial charge in [-0.2, -0.15) is 0 Å². The number of hydrogen-bond acceptors (Lipinski definition) is 6. The van der Waals surface area contributed by atoms with E-state index in [2.05, 4.69) is 20.9 Å². The molecular formula is C31H37N5O5. The van der Waals surface area contributed by atoms with Gasteiger partial charge >= 0.3 is 0 Å². The summed E-state index contributed by atoms with van der Waals surface area (Å²) in [6, 6.07) is 14.4. The Balaban J connectivity index is 1.13. The molecule has 1 fully saturated rings. The van der Waals surface area contributed by atoms with Gasteiger partial charge in [0.2, 0.25) is 17.7 Å². The van der Waals surface area contributed by atoms with Crippen molar-refractivity contribution in [2.45, 2.75) is 57.4 Å². The molecule has 2 aliphatic heterocycles. The highest BCUT2D eigenvalue weighted by molar-refractivity contribution is 6.12. The summed E-state index contributed by atoms with van der Waals surface area (Å²) in [5, 5.41) is 8.71. The number of likely N-dealkylation sites (N-methyl/N-ethyl adjacent to an activating group) is 1. The van der Waals surface area contributed by atoms with Crippen molar-refractivity contribution in [3.05, 3.63) is 66.2 Å². The molecule has 0 aliphatic carbocycles. The van der Waals surface area contributed by atoms with Gasteiger partial charge in [-0.05, 0) is 81.6 Å². The van der Waals surface area contributed by atoms with Gasteiger partial charge in [0.25, 0.3) is 11.8 Å². The van der Waals surface area contributed by atoms with Gasteiger partial charge < -0.3 is 16.0 Å². The Kier molecular flexibility index (Phi) is 10.4. The Morgan fingerprint density at radius 1 is 0.805 bits per heavy atom. The fourth-order valence-electron chi connectivity index (χ4n) is 4.99. The number of unbranched alkanes of at least 4 members (excludes halogenated alkanes) is 2. The first-order chi connectivity index (χ1) is 19.8. The quantitative estimate of drug-likeness (QED) is 0.254. The minimum Gasteiger partial charge on any atom is -0.326 e. The first-order valence-electron chi connectivity index (χ1n) is 14.1. The van der Waals surface area contributed by atoms with E-state index in [1.807, 2.05) is 37.4 Å². The lowest BCUT2D eigenvalue weighted by molar-refractivity contribution is -0.137. The number of aryl methyl sites for hydroxylation is 1. The van der Waals surface area contributed by atoms with Crippen LogP contribution < -0.4 is 16.0 Å². The summed E-state index contributed by atoms with van der Waals surface area (Å²) in [6.45, 7) is 1.29. The summed E-state index contributed by atoms with van der Waals surface area (Å²) >= 11 is 0. The van der Waals surface area contributed by atoms with Crippen LogP contribution in [-0.2, 0) is 30.4 Å². The van der Waals surface area contributed by atoms with E-state index in [0.29, 0.717) is 55.7 Å². The molecule has 2 aromatic carbocycles. The Morgan fingerprint density at radius 2 is 1.46 bits per heavy atom. The van der Waals surface area contributed by atoms with Crippen LogP contribution in [0.5, 0.6) is 0 Å². The van der Waals surface area contributed by atoms with Gasteiger partial charge in [-0.1, -0.05) is 24.6 Å². The van der Waals surface area contributed by atoms with Gasteiger partial charge in [0, 0.05) is 48.6 Å². The summed E-state index contributed by atoms with van der Waals surface area (Å²) in [7, 11) is 1.95. The Hall–Kier alpha value is -4.31. The molecule has 0 bridgehead atoms. The summed E-state index contributed by atoms with van der Waals surface area (Å²) < 4.78 is 0. The highest BCUT2D eigenvalue weighted by Crippen LogP contribution is 2.20. The third-order valence-corrected chi connectivity index (χ3v) is 7.30. The molecule has 41 heavy (non-hydrogen) atoms. The van der Waals surface area contributed by atoms with E-state index < -0.39 is 0 Å². The molecule has 1 atom stereocenters. The number of benzene rings is 2. The second kappa shape index (κ2) is 14.4. The zero-order valence-electron chi connectivity index (χ0n) is 23.4. The SMILES string of the molecule is CN1CCC[C@H]1C(=O)Nc1cccc(NC(=O)CCc2ccc(NC(=O)CCCCCN3C(=O)C=CC3=O)cc2)c1. The molecule has 3 N–H and O–H groups in total. The predicted molar refractivity (Wildman–Crippen MR) is 157 cm³/mol. The third-order valence-electron chi connectivity index (χ3n) is 7.30. The molecule has 10 heteroatoms. The van der Waals surface area contributed by atoms with Gasteiger partial charge in [0.1, 0.15) is 0 Å². The normalized spacial score (nSPS) is 16.7. The summed E-state index contributed by atoms with van der Waals surface area (Å²) in [5.41, 5.74) is 2.93. The average molecular weight is 560 g/mol. The van der Waals surface area contributed by atoms with Crippen molar-refractivity contribution in [2.24, 2.45) is 0 Å². The number of carbonyl (C=O) groups is 5. The van der Waals surface area contributed by atoms with Crippen LogP contribution >= 0.6 is 0 Å². The molecule has 216 valence electrons. The summed E-state index contributed by atoms with van der Waals surface area (Å²) in [5.74, 6) is -0.818. The highest BCUT2D eigenvalue weighted by Gasteiger charge is 2.27. The van der Waals surface area contributed by atoms with Crippen LogP contribution in [0.1, 0.15) is 50.5 Å². The number of rotatable bonds is 13. The van der Waals surface area contributed by atoms with Crippen LogP contribution in [0.4, 0.5) is 17.1 Å². The van der Waals surface area contributed by atoms with Crippen molar-refractivity contribution in [2.75, 3.05) is 36.1 Å². The lowest BCUT2D eigenvalue weighted by Crippen LogP contribution is -2.37. The summed E-state index contributed by atoms with van der Waals surface area (Å²) in [6.07, 6.45) is 7.65. The monoisotopic (exact) mass is 559 g/mol. The minimum atomic E-state index is -0.281. The van der Waals surface area contributed by atoms with Gasteiger partial charge in [0.15, 0.2) is 0 Å². The third kappa shape index (κ3) is 8.84. The molecule has 0 radical (unpaired) electrons. The maximum Gasteiger partial charge on any atom is 0.253 e. The molecule has 1 saturated heterocycles. The summed E-state index contributed by atoms with van der Waals surface area (Å²) in [4.78, 5) is 63.7. The molecule has 0 spiro atoms. The average Bonchev–Trinajstić information content (AvgIpc) is 3.52. The largest absolute Gasteiger partial charge is 0.326 e. The van der Waals surface area contributed by atoms with Crippen LogP contribution in [-0.4, -0.2) is 65.5 Å². The van der Waals surface area contributed by atoms with Crippen molar-refractivity contribution >= 4 is 46.6 Å². The molecule has 0 aromatic heterocycles. The topological polar surface area (TPSA) is 128 Å². The molecular weight excluding hydrogens is 522 g/mol. The predicted octanol–water partition coefficient (Wildman–Crippen LogP) is 3.71. The smallest absolute Gasteiger partial charge is 0.253 e. The van der Waals surface area contributed by atoms with Gasteiger partial charge in [-0.3, -0.25) is 33.8 Å². The van der Waals surface area contributed by atoms with E-state index in [0.717, 1.165) is 31.4 Å². The van der Waals surface area contributed by atoms with Gasteiger partial charge in [-0.25, -0.2) is 0 Å². The van der Waals surface area contributed by atoms with E-state index in [9.17, 15) is 24.0 Å². The van der Waals surface area contributed by atoms with E-state index in [4.69, 9.17) is 0 Å². The number of nitrogens with one attached hydrogen (secondary N) is 3. The molecule has 4 rings (SSSR count). The molecule has 0 unspecified atom stereocenters. The van der Waals surface area contributed by atoms with E-state index in [1.165, 1.54) is 17.1 Å². The van der Waals surface area contributed by atoms with E-state index >= 15 is 0 Å². The standard InChI is InChI=1S/C31H37N5O5/c1-35-19-6-9-26(35)31(41)34-25-8-5-7-24(21-25)33-28(38)16-13-22-11-14-23(15-12-22)32-27(37)10-3-2-4-20-36-29(39)17-18-30(36)40/h5,7-8,11-12,14-15,17-18,21,26H,2-4,6,9-10,13,16,19-20H2,1H3,(H,32,37)(H,33,38)(H,34,41)/t26-/m0/s1. The number of amides is 5. The second-order valence-electron chi connectivity index (χ2n) is 10.5. The number of anilines is 3. The molecule has 2 aromatic rings. The van der Waals surface area contributed by atoms with Crippen LogP contribution in [0.3, 0.4) is 0 Å². The van der Waals surface area contributed by atoms with Crippen molar-refractivity contribution in [1.29, 1.82) is 0 Å². The lowest BCUT2D eigenvalue weighted by atomic mass is 10.1. The van der Waals surface area contributed by atoms with Crippen molar-refractivity contribution in [3.63, 3.8) is 0 Å². The molecule has 10 nitrogen and oxygen atoms in total. The number of carbonyl (C=O) groups excluding carboxylic acids is 5. The highest BCUT2D eigenvalue weighted by atomic mass is 16.2. The first kappa shape index (κ1) is 29.7. The van der Waals surface area contributed by atoms with Crippen LogP contribution in [0.2, 0.25) is 0 Å². The zero-order valence-corrected chi connectivity index (χ0v) is 23.4. The fraction of sp³-hybridized carbons (Fsp3) is 0.387. The molecule has 0 saturated carbocycles. The lowest BCUT2D eigenvalue weighted by Gasteiger charge is -2.18. The second-order valence-corrected chi connectivity index (χ2v) is 10.5. The van der Waals surface area contributed by atoms with E-state index in [1.54, 1.807) is 18.2 Å². The number of hydrogen-bond donors (Lipinski definition) is 3. The van der Waals surface area contributed by atoms with Gasteiger partial charge in [0.05, 0.1) is 6.04 Å². The number of likely N-dealkylation sites (tertiary alicyclic amines) is 1. The van der Waals surface area contributed by atoms with Crippen molar-refractivity contribution < 1.29 is 24.0 Å². The maximum atomic E-state index is 12.5. The molecule has 2 heterocycles. The van der Waals surface area contributed by atoms with Crippen LogP contribution in [0.15, 0.2) is 60.7 Å². The Morgan fingerprint density at radius 3 is 2.15 bits per heavy atom. The van der Waals surface area contributed by atoms with Crippen LogP contribution in [0, 0.1) is 0 Å². The maximum absolute atomic E-state index is 12.5. The van der Waals surface area contributed by atoms with E-state index in [-0.39, 0.29) is 35.6 Å². The first-order valence-corrected chi connectivity index (χ1v) is 14.1. The molecule has 2 aliphatic rings. The van der Waals surface area contributed by atoms with Crippen molar-refractivity contribution in [3.8, 4) is 0 Å². The van der Waals surface area contributed by atoms with Crippen LogP contribution in [0.25, 0.3) is 0 Å². The van der Waals surface area contributed by atoms with Crippen molar-refractivity contribution in [1.82, 2.24) is 9.80 Å². The number of imide groups is 1. The van der Waals surface area contributed by atoms with Gasteiger partial charge in [-0.15, -0.1) is 0 Å². The fourth-order valence-corrected chi connectivity index (χ4v) is 4.99. The molecule has 5 amide bonds. The number of nitrogens with zero attached hydrogens (tertiary/aromatic N) is 2. The zero-order chi connectivity index (χ0) is 29.2. The minimum absolute atomic E-state index is 0.0310.